The van der Waals surface area contributed by atoms with E-state index in [4.69, 9.17) is 0 Å². The van der Waals surface area contributed by atoms with Crippen molar-refractivity contribution in [1.82, 2.24) is 10.0 Å². The fourth-order valence-corrected chi connectivity index (χ4v) is 3.91. The van der Waals surface area contributed by atoms with E-state index in [-0.39, 0.29) is 6.04 Å². The summed E-state index contributed by atoms with van der Waals surface area (Å²) in [6, 6.07) is 5.46. The highest BCUT2D eigenvalue weighted by Gasteiger charge is 2.39. The SMILES string of the molecule is CCCC1CC1NS(=O)(=O)c1ccc(C)c(CNC)c1. The minimum atomic E-state index is -3.38. The molecule has 1 aliphatic carbocycles. The Bertz CT molecular complexity index is 569. The Morgan fingerprint density at radius 2 is 2.10 bits per heavy atom. The van der Waals surface area contributed by atoms with Gasteiger partial charge in [-0.3, -0.25) is 0 Å². The van der Waals surface area contributed by atoms with Crippen LogP contribution in [0.25, 0.3) is 0 Å². The number of rotatable bonds is 7. The van der Waals surface area contributed by atoms with Crippen molar-refractivity contribution in [2.24, 2.45) is 5.92 Å². The van der Waals surface area contributed by atoms with Crippen LogP contribution in [0.15, 0.2) is 23.1 Å². The summed E-state index contributed by atoms with van der Waals surface area (Å²) < 4.78 is 27.6. The van der Waals surface area contributed by atoms with Crippen LogP contribution in [-0.2, 0) is 16.6 Å². The minimum absolute atomic E-state index is 0.133. The summed E-state index contributed by atoms with van der Waals surface area (Å²) >= 11 is 0. The zero-order valence-electron chi connectivity index (χ0n) is 12.4. The van der Waals surface area contributed by atoms with Crippen LogP contribution in [0.4, 0.5) is 0 Å². The third-order valence-corrected chi connectivity index (χ3v) is 5.37. The van der Waals surface area contributed by atoms with Crippen molar-refractivity contribution >= 4 is 10.0 Å². The van der Waals surface area contributed by atoms with Crippen LogP contribution in [0.2, 0.25) is 0 Å². The third kappa shape index (κ3) is 3.59. The Labute approximate surface area is 122 Å². The van der Waals surface area contributed by atoms with Crippen LogP contribution in [0.5, 0.6) is 0 Å². The van der Waals surface area contributed by atoms with Crippen molar-refractivity contribution in [2.45, 2.75) is 50.6 Å². The average molecular weight is 296 g/mol. The second kappa shape index (κ2) is 6.24. The number of hydrogen-bond acceptors (Lipinski definition) is 3. The van der Waals surface area contributed by atoms with Crippen molar-refractivity contribution in [3.63, 3.8) is 0 Å². The molecule has 112 valence electrons. The van der Waals surface area contributed by atoms with Gasteiger partial charge in [-0.05, 0) is 56.0 Å². The van der Waals surface area contributed by atoms with Gasteiger partial charge >= 0.3 is 0 Å². The maximum Gasteiger partial charge on any atom is 0.240 e. The van der Waals surface area contributed by atoms with E-state index >= 15 is 0 Å². The minimum Gasteiger partial charge on any atom is -0.316 e. The van der Waals surface area contributed by atoms with Crippen molar-refractivity contribution in [3.8, 4) is 0 Å². The van der Waals surface area contributed by atoms with E-state index < -0.39 is 10.0 Å². The predicted octanol–water partition coefficient (Wildman–Crippen LogP) is 2.18. The quantitative estimate of drug-likeness (QED) is 0.811. The maximum absolute atomic E-state index is 12.4. The van der Waals surface area contributed by atoms with Gasteiger partial charge in [0.05, 0.1) is 4.90 Å². The Morgan fingerprint density at radius 1 is 1.35 bits per heavy atom. The fraction of sp³-hybridized carbons (Fsp3) is 0.600. The highest BCUT2D eigenvalue weighted by Crippen LogP contribution is 2.35. The van der Waals surface area contributed by atoms with Gasteiger partial charge in [-0.1, -0.05) is 19.4 Å². The highest BCUT2D eigenvalue weighted by molar-refractivity contribution is 7.89. The first-order valence-corrected chi connectivity index (χ1v) is 8.72. The molecular formula is C15H24N2O2S. The summed E-state index contributed by atoms with van der Waals surface area (Å²) in [4.78, 5) is 0.371. The summed E-state index contributed by atoms with van der Waals surface area (Å²) in [5.74, 6) is 0.525. The molecule has 1 aromatic rings. The molecule has 2 atom stereocenters. The molecule has 1 aromatic carbocycles. The number of hydrogen-bond donors (Lipinski definition) is 2. The molecule has 0 bridgehead atoms. The van der Waals surface area contributed by atoms with Gasteiger partial charge in [-0.15, -0.1) is 0 Å². The Balaban J connectivity index is 2.12. The van der Waals surface area contributed by atoms with E-state index in [2.05, 4.69) is 17.0 Å². The van der Waals surface area contributed by atoms with Crippen LogP contribution < -0.4 is 10.0 Å². The molecule has 5 heteroatoms. The second-order valence-electron chi connectivity index (χ2n) is 5.63. The van der Waals surface area contributed by atoms with Crippen molar-refractivity contribution in [3.05, 3.63) is 29.3 Å². The van der Waals surface area contributed by atoms with Crippen molar-refractivity contribution in [2.75, 3.05) is 7.05 Å². The lowest BCUT2D eigenvalue weighted by Crippen LogP contribution is -2.27. The van der Waals surface area contributed by atoms with E-state index in [1.54, 1.807) is 12.1 Å². The van der Waals surface area contributed by atoms with E-state index in [9.17, 15) is 8.42 Å². The smallest absolute Gasteiger partial charge is 0.240 e. The number of aryl methyl sites for hydroxylation is 1. The predicted molar refractivity (Wildman–Crippen MR) is 81.1 cm³/mol. The molecule has 1 fully saturated rings. The normalized spacial score (nSPS) is 21.9. The van der Waals surface area contributed by atoms with Gasteiger partial charge in [-0.25, -0.2) is 13.1 Å². The number of sulfonamides is 1. The van der Waals surface area contributed by atoms with Gasteiger partial charge in [0, 0.05) is 12.6 Å². The number of benzene rings is 1. The monoisotopic (exact) mass is 296 g/mol. The standard InChI is InChI=1S/C15H24N2O2S/c1-4-5-12-9-15(12)17-20(18,19)14-7-6-11(2)13(8-14)10-16-3/h6-8,12,15-17H,4-5,9-10H2,1-3H3. The van der Waals surface area contributed by atoms with Crippen LogP contribution in [0.3, 0.4) is 0 Å². The molecule has 0 heterocycles. The van der Waals surface area contributed by atoms with Crippen LogP contribution in [0.1, 0.15) is 37.3 Å². The molecule has 0 saturated heterocycles. The van der Waals surface area contributed by atoms with Gasteiger partial charge < -0.3 is 5.32 Å². The Hall–Kier alpha value is -0.910. The summed E-state index contributed by atoms with van der Waals surface area (Å²) in [6.07, 6.45) is 3.19. The van der Waals surface area contributed by atoms with Crippen LogP contribution in [-0.4, -0.2) is 21.5 Å². The van der Waals surface area contributed by atoms with Gasteiger partial charge in [0.25, 0.3) is 0 Å². The molecule has 20 heavy (non-hydrogen) atoms. The summed E-state index contributed by atoms with van der Waals surface area (Å²) in [7, 11) is -1.52. The highest BCUT2D eigenvalue weighted by atomic mass is 32.2. The second-order valence-corrected chi connectivity index (χ2v) is 7.34. The molecule has 1 saturated carbocycles. The first-order valence-electron chi connectivity index (χ1n) is 7.24. The van der Waals surface area contributed by atoms with Crippen molar-refractivity contribution < 1.29 is 8.42 Å². The maximum atomic E-state index is 12.4. The molecule has 4 nitrogen and oxygen atoms in total. The van der Waals surface area contributed by atoms with E-state index in [1.165, 1.54) is 0 Å². The lowest BCUT2D eigenvalue weighted by molar-refractivity contribution is 0.573. The fourth-order valence-electron chi connectivity index (χ4n) is 2.54. The molecule has 0 aliphatic heterocycles. The topological polar surface area (TPSA) is 58.2 Å². The molecule has 2 rings (SSSR count). The van der Waals surface area contributed by atoms with Gasteiger partial charge in [0.2, 0.25) is 10.0 Å². The lowest BCUT2D eigenvalue weighted by atomic mass is 10.1. The molecule has 0 spiro atoms. The Kier molecular flexibility index (Phi) is 4.83. The van der Waals surface area contributed by atoms with E-state index in [1.807, 2.05) is 20.0 Å². The first-order chi connectivity index (χ1) is 9.47. The number of nitrogens with one attached hydrogen (secondary N) is 2. The Morgan fingerprint density at radius 3 is 2.75 bits per heavy atom. The summed E-state index contributed by atoms with van der Waals surface area (Å²) in [5.41, 5.74) is 2.13. The van der Waals surface area contributed by atoms with Gasteiger partial charge in [-0.2, -0.15) is 0 Å². The zero-order valence-corrected chi connectivity index (χ0v) is 13.3. The molecule has 0 aromatic heterocycles. The zero-order chi connectivity index (χ0) is 14.8. The largest absolute Gasteiger partial charge is 0.316 e. The van der Waals surface area contributed by atoms with Crippen LogP contribution >= 0.6 is 0 Å². The average Bonchev–Trinajstić information content (AvgIpc) is 3.09. The third-order valence-electron chi connectivity index (χ3n) is 3.89. The van der Waals surface area contributed by atoms with E-state index in [0.717, 1.165) is 30.4 Å². The molecular weight excluding hydrogens is 272 g/mol. The summed E-state index contributed by atoms with van der Waals surface area (Å²) in [5, 5.41) is 3.07. The molecule has 2 unspecified atom stereocenters. The molecule has 0 amide bonds. The first kappa shape index (κ1) is 15.5. The molecule has 1 aliphatic rings. The van der Waals surface area contributed by atoms with E-state index in [0.29, 0.717) is 17.4 Å². The van der Waals surface area contributed by atoms with Crippen LogP contribution in [0, 0.1) is 12.8 Å². The molecule has 0 radical (unpaired) electrons. The van der Waals surface area contributed by atoms with Gasteiger partial charge in [0.1, 0.15) is 0 Å². The van der Waals surface area contributed by atoms with Crippen molar-refractivity contribution in [1.29, 1.82) is 0 Å². The van der Waals surface area contributed by atoms with Gasteiger partial charge in [0.15, 0.2) is 0 Å². The lowest BCUT2D eigenvalue weighted by Gasteiger charge is -2.10. The molecule has 2 N–H and O–H groups in total. The summed E-state index contributed by atoms with van der Waals surface area (Å²) in [6.45, 7) is 4.81.